The Bertz CT molecular complexity index is 447. The molecule has 0 saturated carbocycles. The molecule has 1 aromatic carbocycles. The van der Waals surface area contributed by atoms with E-state index in [0.717, 1.165) is 12.1 Å². The normalized spacial score (nSPS) is 10.9. The molecular formula is C10H10INS. The predicted octanol–water partition coefficient (Wildman–Crippen LogP) is 3.65. The van der Waals surface area contributed by atoms with E-state index in [4.69, 9.17) is 5.73 Å². The fourth-order valence-corrected chi connectivity index (χ4v) is 3.14. The van der Waals surface area contributed by atoms with E-state index in [1.165, 1.54) is 18.5 Å². The van der Waals surface area contributed by atoms with E-state index in [1.807, 2.05) is 17.4 Å². The number of nitrogens with two attached hydrogens (primary N) is 1. The van der Waals surface area contributed by atoms with Gasteiger partial charge in [0.1, 0.15) is 0 Å². The lowest BCUT2D eigenvalue weighted by atomic mass is 10.2. The zero-order chi connectivity index (χ0) is 9.42. The molecular weight excluding hydrogens is 293 g/mol. The standard InChI is InChI=1S/C10H10INS/c1-2-6-5-7-9(13-6)4-3-8(12)10(7)11/h3-5H,2,12H2,1H3. The summed E-state index contributed by atoms with van der Waals surface area (Å²) in [6.45, 7) is 2.18. The van der Waals surface area contributed by atoms with Crippen molar-refractivity contribution in [1.29, 1.82) is 0 Å². The highest BCUT2D eigenvalue weighted by atomic mass is 127. The van der Waals surface area contributed by atoms with Crippen molar-refractivity contribution in [3.63, 3.8) is 0 Å². The number of benzene rings is 1. The van der Waals surface area contributed by atoms with Crippen molar-refractivity contribution < 1.29 is 0 Å². The van der Waals surface area contributed by atoms with Gasteiger partial charge in [0.25, 0.3) is 0 Å². The molecule has 2 N–H and O–H groups in total. The summed E-state index contributed by atoms with van der Waals surface area (Å²) in [4.78, 5) is 1.43. The lowest BCUT2D eigenvalue weighted by Gasteiger charge is -1.97. The summed E-state index contributed by atoms with van der Waals surface area (Å²) in [6.07, 6.45) is 1.11. The van der Waals surface area contributed by atoms with Gasteiger partial charge in [-0.3, -0.25) is 0 Å². The van der Waals surface area contributed by atoms with Gasteiger partial charge in [-0.2, -0.15) is 0 Å². The summed E-state index contributed by atoms with van der Waals surface area (Å²) in [6, 6.07) is 6.34. The monoisotopic (exact) mass is 303 g/mol. The van der Waals surface area contributed by atoms with Gasteiger partial charge < -0.3 is 5.73 Å². The molecule has 0 spiro atoms. The lowest BCUT2D eigenvalue weighted by molar-refractivity contribution is 1.19. The third kappa shape index (κ3) is 1.55. The molecule has 0 fully saturated rings. The van der Waals surface area contributed by atoms with Crippen LogP contribution in [0.5, 0.6) is 0 Å². The first kappa shape index (κ1) is 9.27. The van der Waals surface area contributed by atoms with Crippen LogP contribution < -0.4 is 5.73 Å². The number of hydrogen-bond acceptors (Lipinski definition) is 2. The molecule has 0 unspecified atom stereocenters. The summed E-state index contributed by atoms with van der Waals surface area (Å²) < 4.78 is 2.53. The molecule has 1 aromatic heterocycles. The van der Waals surface area contributed by atoms with Crippen LogP contribution in [0.25, 0.3) is 10.1 Å². The number of halogens is 1. The Morgan fingerprint density at radius 3 is 2.92 bits per heavy atom. The van der Waals surface area contributed by atoms with Crippen molar-refractivity contribution in [3.8, 4) is 0 Å². The van der Waals surface area contributed by atoms with E-state index in [1.54, 1.807) is 0 Å². The van der Waals surface area contributed by atoms with Crippen LogP contribution in [0.2, 0.25) is 0 Å². The van der Waals surface area contributed by atoms with Crippen LogP contribution in [0.3, 0.4) is 0 Å². The van der Waals surface area contributed by atoms with Crippen LogP contribution in [0, 0.1) is 3.57 Å². The molecule has 3 heteroatoms. The first-order valence-electron chi connectivity index (χ1n) is 4.18. The fraction of sp³-hybridized carbons (Fsp3) is 0.200. The maximum Gasteiger partial charge on any atom is 0.0456 e. The predicted molar refractivity (Wildman–Crippen MR) is 68.3 cm³/mol. The third-order valence-electron chi connectivity index (χ3n) is 2.06. The first-order chi connectivity index (χ1) is 6.22. The second-order valence-corrected chi connectivity index (χ2v) is 5.19. The average molecular weight is 303 g/mol. The van der Waals surface area contributed by atoms with E-state index >= 15 is 0 Å². The Morgan fingerprint density at radius 2 is 2.23 bits per heavy atom. The van der Waals surface area contributed by atoms with Crippen LogP contribution >= 0.6 is 33.9 Å². The maximum atomic E-state index is 5.83. The van der Waals surface area contributed by atoms with Gasteiger partial charge in [-0.25, -0.2) is 0 Å². The number of thiophene rings is 1. The third-order valence-corrected chi connectivity index (χ3v) is 4.51. The number of aryl methyl sites for hydroxylation is 1. The van der Waals surface area contributed by atoms with E-state index in [0.29, 0.717) is 0 Å². The quantitative estimate of drug-likeness (QED) is 0.631. The van der Waals surface area contributed by atoms with Gasteiger partial charge in [0.05, 0.1) is 0 Å². The van der Waals surface area contributed by atoms with Crippen molar-refractivity contribution in [3.05, 3.63) is 26.6 Å². The molecule has 1 heterocycles. The van der Waals surface area contributed by atoms with Crippen LogP contribution in [0.4, 0.5) is 5.69 Å². The van der Waals surface area contributed by atoms with Crippen LogP contribution in [-0.4, -0.2) is 0 Å². The molecule has 13 heavy (non-hydrogen) atoms. The highest BCUT2D eigenvalue weighted by molar-refractivity contribution is 14.1. The van der Waals surface area contributed by atoms with E-state index in [-0.39, 0.29) is 0 Å². The highest BCUT2D eigenvalue weighted by Crippen LogP contribution is 2.32. The second kappa shape index (κ2) is 3.46. The summed E-state index contributed by atoms with van der Waals surface area (Å²) in [5, 5.41) is 1.31. The van der Waals surface area contributed by atoms with Crippen LogP contribution in [-0.2, 0) is 6.42 Å². The second-order valence-electron chi connectivity index (χ2n) is 2.95. The van der Waals surface area contributed by atoms with Gasteiger partial charge in [-0.15, -0.1) is 11.3 Å². The van der Waals surface area contributed by atoms with E-state index < -0.39 is 0 Å². The summed E-state index contributed by atoms with van der Waals surface area (Å²) in [5.74, 6) is 0. The van der Waals surface area contributed by atoms with E-state index in [2.05, 4.69) is 41.6 Å². The zero-order valence-electron chi connectivity index (χ0n) is 7.30. The molecule has 2 rings (SSSR count). The molecule has 0 bridgehead atoms. The minimum Gasteiger partial charge on any atom is -0.398 e. The Morgan fingerprint density at radius 1 is 1.46 bits per heavy atom. The van der Waals surface area contributed by atoms with Crippen molar-refractivity contribution in [2.75, 3.05) is 5.73 Å². The largest absolute Gasteiger partial charge is 0.398 e. The number of fused-ring (bicyclic) bond motifs is 1. The molecule has 2 aromatic rings. The van der Waals surface area contributed by atoms with Gasteiger partial charge in [0.15, 0.2) is 0 Å². The van der Waals surface area contributed by atoms with Crippen molar-refractivity contribution in [2.24, 2.45) is 0 Å². The number of rotatable bonds is 1. The lowest BCUT2D eigenvalue weighted by Crippen LogP contribution is -1.87. The van der Waals surface area contributed by atoms with Gasteiger partial charge in [0.2, 0.25) is 0 Å². The van der Waals surface area contributed by atoms with Gasteiger partial charge in [0, 0.05) is 24.2 Å². The summed E-state index contributed by atoms with van der Waals surface area (Å²) in [5.41, 5.74) is 6.72. The fourth-order valence-electron chi connectivity index (χ4n) is 1.32. The first-order valence-corrected chi connectivity index (χ1v) is 6.08. The molecule has 0 saturated heterocycles. The number of nitrogen functional groups attached to an aromatic ring is 1. The zero-order valence-corrected chi connectivity index (χ0v) is 10.3. The Labute approximate surface area is 95.1 Å². The molecule has 0 radical (unpaired) electrons. The summed E-state index contributed by atoms with van der Waals surface area (Å²) in [7, 11) is 0. The number of hydrogen-bond donors (Lipinski definition) is 1. The molecule has 0 amide bonds. The molecule has 0 aliphatic rings. The topological polar surface area (TPSA) is 26.0 Å². The Balaban J connectivity index is 2.76. The van der Waals surface area contributed by atoms with Crippen molar-refractivity contribution >= 4 is 49.7 Å². The van der Waals surface area contributed by atoms with Crippen molar-refractivity contribution in [2.45, 2.75) is 13.3 Å². The molecule has 0 aliphatic heterocycles. The number of anilines is 1. The summed E-state index contributed by atoms with van der Waals surface area (Å²) >= 11 is 4.17. The molecule has 0 atom stereocenters. The van der Waals surface area contributed by atoms with Gasteiger partial charge in [-0.1, -0.05) is 6.92 Å². The minimum absolute atomic E-state index is 0.883. The highest BCUT2D eigenvalue weighted by Gasteiger charge is 2.05. The Hall–Kier alpha value is -0.290. The molecule has 0 aliphatic carbocycles. The van der Waals surface area contributed by atoms with Crippen molar-refractivity contribution in [1.82, 2.24) is 0 Å². The van der Waals surface area contributed by atoms with Gasteiger partial charge >= 0.3 is 0 Å². The smallest absolute Gasteiger partial charge is 0.0456 e. The average Bonchev–Trinajstić information content (AvgIpc) is 2.55. The van der Waals surface area contributed by atoms with Crippen LogP contribution in [0.1, 0.15) is 11.8 Å². The molecule has 68 valence electrons. The SMILES string of the molecule is CCc1cc2c(I)c(N)ccc2s1. The van der Waals surface area contributed by atoms with Gasteiger partial charge in [-0.05, 0) is 47.2 Å². The minimum atomic E-state index is 0.883. The Kier molecular flexibility index (Phi) is 2.47. The van der Waals surface area contributed by atoms with E-state index in [9.17, 15) is 0 Å². The molecule has 1 nitrogen and oxygen atoms in total. The van der Waals surface area contributed by atoms with Crippen LogP contribution in [0.15, 0.2) is 18.2 Å². The maximum absolute atomic E-state index is 5.83.